The van der Waals surface area contributed by atoms with Gasteiger partial charge in [-0.3, -0.25) is 4.98 Å². The molecule has 0 fully saturated rings. The van der Waals surface area contributed by atoms with Gasteiger partial charge >= 0.3 is 0 Å². The van der Waals surface area contributed by atoms with Gasteiger partial charge in [-0.2, -0.15) is 0 Å². The molecule has 1 N–H and O–H groups in total. The van der Waals surface area contributed by atoms with Crippen molar-refractivity contribution in [2.24, 2.45) is 5.92 Å². The molecule has 3 rings (SSSR count). The molecule has 0 amide bonds. The van der Waals surface area contributed by atoms with Gasteiger partial charge in [-0.05, 0) is 31.9 Å². The highest BCUT2D eigenvalue weighted by atomic mass is 16.5. The fraction of sp³-hybridized carbons (Fsp3) is 0.348. The van der Waals surface area contributed by atoms with Crippen LogP contribution in [0.2, 0.25) is 0 Å². The molecule has 0 spiro atoms. The molecule has 1 aliphatic heterocycles. The van der Waals surface area contributed by atoms with Crippen LogP contribution in [-0.2, 0) is 4.74 Å². The molecule has 4 heteroatoms. The van der Waals surface area contributed by atoms with Crippen molar-refractivity contribution in [2.75, 3.05) is 6.61 Å². The minimum absolute atomic E-state index is 0.203. The average Bonchev–Trinajstić information content (AvgIpc) is 2.66. The van der Waals surface area contributed by atoms with Gasteiger partial charge in [0.25, 0.3) is 0 Å². The molecule has 27 heavy (non-hydrogen) atoms. The van der Waals surface area contributed by atoms with Crippen LogP contribution in [0.15, 0.2) is 67.1 Å². The SMILES string of the molecule is C=C/C=C\C1=CC2C(C=C1)OC=C(c1cc(OCCC)c(C)cn1)C2(C)O. The van der Waals surface area contributed by atoms with Gasteiger partial charge in [0.1, 0.15) is 17.5 Å². The molecule has 142 valence electrons. The molecule has 0 saturated heterocycles. The summed E-state index contributed by atoms with van der Waals surface area (Å²) in [6, 6.07) is 1.88. The van der Waals surface area contributed by atoms with Crippen molar-refractivity contribution in [3.05, 3.63) is 78.4 Å². The van der Waals surface area contributed by atoms with E-state index >= 15 is 0 Å². The van der Waals surface area contributed by atoms with E-state index < -0.39 is 5.60 Å². The van der Waals surface area contributed by atoms with Crippen LogP contribution in [0.3, 0.4) is 0 Å². The lowest BCUT2D eigenvalue weighted by molar-refractivity contribution is -0.00465. The number of aryl methyl sites for hydroxylation is 1. The Bertz CT molecular complexity index is 830. The van der Waals surface area contributed by atoms with E-state index in [0.717, 1.165) is 23.3 Å². The van der Waals surface area contributed by atoms with E-state index in [4.69, 9.17) is 9.47 Å². The Hall–Kier alpha value is -2.59. The molecule has 0 aromatic carbocycles. The van der Waals surface area contributed by atoms with Crippen molar-refractivity contribution < 1.29 is 14.6 Å². The van der Waals surface area contributed by atoms with Gasteiger partial charge in [0.05, 0.1) is 24.5 Å². The van der Waals surface area contributed by atoms with Crippen LogP contribution in [0.25, 0.3) is 5.57 Å². The van der Waals surface area contributed by atoms with Crippen molar-refractivity contribution >= 4 is 5.57 Å². The normalized spacial score (nSPS) is 26.8. The summed E-state index contributed by atoms with van der Waals surface area (Å²) in [5, 5.41) is 11.4. The van der Waals surface area contributed by atoms with Crippen LogP contribution in [0, 0.1) is 12.8 Å². The molecular formula is C23H27NO3. The van der Waals surface area contributed by atoms with E-state index in [1.807, 2.05) is 50.3 Å². The van der Waals surface area contributed by atoms with E-state index in [-0.39, 0.29) is 12.0 Å². The van der Waals surface area contributed by atoms with Gasteiger partial charge in [-0.25, -0.2) is 0 Å². The summed E-state index contributed by atoms with van der Waals surface area (Å²) in [6.07, 6.45) is 15.7. The van der Waals surface area contributed by atoms with Crippen LogP contribution in [0.1, 0.15) is 31.5 Å². The number of pyridine rings is 1. The van der Waals surface area contributed by atoms with Crippen molar-refractivity contribution in [2.45, 2.75) is 38.9 Å². The molecule has 1 aromatic heterocycles. The molecule has 3 atom stereocenters. The van der Waals surface area contributed by atoms with Crippen LogP contribution in [0.4, 0.5) is 0 Å². The first kappa shape index (κ1) is 19.2. The Balaban J connectivity index is 1.95. The fourth-order valence-electron chi connectivity index (χ4n) is 3.37. The summed E-state index contributed by atoms with van der Waals surface area (Å²) in [6.45, 7) is 10.2. The van der Waals surface area contributed by atoms with Crippen molar-refractivity contribution in [1.82, 2.24) is 4.98 Å². The number of fused-ring (bicyclic) bond motifs is 1. The molecule has 2 heterocycles. The number of aliphatic hydroxyl groups is 1. The summed E-state index contributed by atoms with van der Waals surface area (Å²) < 4.78 is 11.7. The second kappa shape index (κ2) is 7.97. The number of ether oxygens (including phenoxy) is 2. The summed E-state index contributed by atoms with van der Waals surface area (Å²) in [5.41, 5.74) is 2.19. The third-order valence-corrected chi connectivity index (χ3v) is 4.96. The van der Waals surface area contributed by atoms with E-state index in [1.54, 1.807) is 18.5 Å². The zero-order valence-corrected chi connectivity index (χ0v) is 16.2. The Morgan fingerprint density at radius 3 is 3.00 bits per heavy atom. The highest BCUT2D eigenvalue weighted by Gasteiger charge is 2.44. The first-order valence-electron chi connectivity index (χ1n) is 9.34. The molecule has 1 aliphatic carbocycles. The Morgan fingerprint density at radius 2 is 2.26 bits per heavy atom. The molecule has 0 saturated carbocycles. The average molecular weight is 365 g/mol. The maximum Gasteiger partial charge on any atom is 0.126 e. The first-order valence-corrected chi connectivity index (χ1v) is 9.34. The predicted molar refractivity (Wildman–Crippen MR) is 108 cm³/mol. The van der Waals surface area contributed by atoms with Crippen molar-refractivity contribution in [1.29, 1.82) is 0 Å². The lowest BCUT2D eigenvalue weighted by atomic mass is 9.74. The number of hydrogen-bond acceptors (Lipinski definition) is 4. The topological polar surface area (TPSA) is 51.6 Å². The third-order valence-electron chi connectivity index (χ3n) is 4.96. The highest BCUT2D eigenvalue weighted by molar-refractivity contribution is 5.71. The number of aromatic nitrogens is 1. The Labute approximate surface area is 161 Å². The monoisotopic (exact) mass is 365 g/mol. The summed E-state index contributed by atoms with van der Waals surface area (Å²) in [5.74, 6) is 0.574. The second-order valence-electron chi connectivity index (χ2n) is 7.11. The maximum atomic E-state index is 11.4. The molecular weight excluding hydrogens is 338 g/mol. The molecule has 0 radical (unpaired) electrons. The number of allylic oxidation sites excluding steroid dienone is 5. The van der Waals surface area contributed by atoms with Crippen LogP contribution in [0.5, 0.6) is 5.75 Å². The lowest BCUT2D eigenvalue weighted by Gasteiger charge is -2.41. The van der Waals surface area contributed by atoms with Crippen LogP contribution < -0.4 is 4.74 Å². The standard InChI is InChI=1S/C23H27NO3/c1-5-7-8-17-9-10-21-18(12-17)23(4,25)19(15-27-21)20-13-22(26-11-6-2)16(3)14-24-20/h5,7-10,12-15,18,21,25H,1,6,11H2,2-4H3/b8-7-. The predicted octanol–water partition coefficient (Wildman–Crippen LogP) is 4.52. The smallest absolute Gasteiger partial charge is 0.126 e. The van der Waals surface area contributed by atoms with Gasteiger partial charge in [0, 0.05) is 23.4 Å². The van der Waals surface area contributed by atoms with Gasteiger partial charge in [0.15, 0.2) is 0 Å². The Morgan fingerprint density at radius 1 is 1.44 bits per heavy atom. The van der Waals surface area contributed by atoms with Gasteiger partial charge < -0.3 is 14.6 Å². The second-order valence-corrected chi connectivity index (χ2v) is 7.11. The molecule has 4 nitrogen and oxygen atoms in total. The van der Waals surface area contributed by atoms with E-state index in [9.17, 15) is 5.11 Å². The quantitative estimate of drug-likeness (QED) is 0.753. The van der Waals surface area contributed by atoms with Gasteiger partial charge in [-0.1, -0.05) is 43.9 Å². The number of nitrogens with zero attached hydrogens (tertiary/aromatic N) is 1. The molecule has 2 aliphatic rings. The third kappa shape index (κ3) is 3.91. The Kier molecular flexibility index (Phi) is 5.66. The minimum atomic E-state index is -1.12. The largest absolute Gasteiger partial charge is 0.493 e. The summed E-state index contributed by atoms with van der Waals surface area (Å²) in [4.78, 5) is 4.52. The van der Waals surface area contributed by atoms with Crippen molar-refractivity contribution in [3.63, 3.8) is 0 Å². The van der Waals surface area contributed by atoms with E-state index in [0.29, 0.717) is 17.9 Å². The van der Waals surface area contributed by atoms with Crippen LogP contribution in [-0.4, -0.2) is 28.4 Å². The first-order chi connectivity index (χ1) is 13.0. The zero-order chi connectivity index (χ0) is 19.4. The van der Waals surface area contributed by atoms with Crippen molar-refractivity contribution in [3.8, 4) is 5.75 Å². The molecule has 3 unspecified atom stereocenters. The zero-order valence-electron chi connectivity index (χ0n) is 16.2. The van der Waals surface area contributed by atoms with Gasteiger partial charge in [-0.15, -0.1) is 0 Å². The fourth-order valence-corrected chi connectivity index (χ4v) is 3.37. The maximum absolute atomic E-state index is 11.4. The molecule has 1 aromatic rings. The summed E-state index contributed by atoms with van der Waals surface area (Å²) >= 11 is 0. The lowest BCUT2D eigenvalue weighted by Crippen LogP contribution is -2.45. The number of rotatable bonds is 6. The van der Waals surface area contributed by atoms with Crippen LogP contribution >= 0.6 is 0 Å². The molecule has 0 bridgehead atoms. The number of hydrogen-bond donors (Lipinski definition) is 1. The van der Waals surface area contributed by atoms with E-state index in [2.05, 4.69) is 18.5 Å². The highest BCUT2D eigenvalue weighted by Crippen LogP contribution is 2.43. The van der Waals surface area contributed by atoms with Gasteiger partial charge in [0.2, 0.25) is 0 Å². The van der Waals surface area contributed by atoms with E-state index in [1.165, 1.54) is 0 Å². The minimum Gasteiger partial charge on any atom is -0.493 e. The summed E-state index contributed by atoms with van der Waals surface area (Å²) in [7, 11) is 0.